The number of nitrogens with one attached hydrogen (secondary N) is 1. The molecule has 0 radical (unpaired) electrons. The van der Waals surface area contributed by atoms with Gasteiger partial charge in [-0.15, -0.1) is 0 Å². The Bertz CT molecular complexity index is 968. The van der Waals surface area contributed by atoms with Crippen molar-refractivity contribution in [2.75, 3.05) is 26.8 Å². The number of methoxy groups -OCH3 is 1. The van der Waals surface area contributed by atoms with Crippen LogP contribution in [-0.2, 0) is 21.2 Å². The summed E-state index contributed by atoms with van der Waals surface area (Å²) in [5, 5.41) is 3.05. The molecule has 0 bridgehead atoms. The number of carbonyl (C=O) groups is 1. The lowest BCUT2D eigenvalue weighted by Crippen LogP contribution is -2.46. The van der Waals surface area contributed by atoms with Crippen molar-refractivity contribution < 1.29 is 22.7 Å². The first-order valence-corrected chi connectivity index (χ1v) is 12.0. The lowest BCUT2D eigenvalue weighted by Gasteiger charge is -2.31. The normalized spacial score (nSPS) is 15.4. The lowest BCUT2D eigenvalue weighted by atomic mass is 10.1. The van der Waals surface area contributed by atoms with E-state index in [1.165, 1.54) is 4.31 Å². The van der Waals surface area contributed by atoms with E-state index in [2.05, 4.69) is 5.32 Å². The van der Waals surface area contributed by atoms with Crippen LogP contribution in [0.25, 0.3) is 0 Å². The second kappa shape index (κ2) is 10.6. The van der Waals surface area contributed by atoms with Crippen LogP contribution >= 0.6 is 0 Å². The number of rotatable bonds is 9. The average molecular weight is 447 g/mol. The minimum Gasteiger partial charge on any atom is -0.497 e. The second-order valence-electron chi connectivity index (χ2n) is 7.46. The summed E-state index contributed by atoms with van der Waals surface area (Å²) in [7, 11) is -2.00. The lowest BCUT2D eigenvalue weighted by molar-refractivity contribution is -0.122. The van der Waals surface area contributed by atoms with Crippen molar-refractivity contribution in [3.8, 4) is 11.5 Å². The van der Waals surface area contributed by atoms with Gasteiger partial charge >= 0.3 is 0 Å². The zero-order valence-corrected chi connectivity index (χ0v) is 18.9. The zero-order valence-electron chi connectivity index (χ0n) is 18.0. The van der Waals surface area contributed by atoms with E-state index in [0.717, 1.165) is 11.3 Å². The molecular formula is C23H30N2O5S. The third-order valence-electron chi connectivity index (χ3n) is 5.41. The molecule has 2 aromatic carbocycles. The van der Waals surface area contributed by atoms with E-state index >= 15 is 0 Å². The quantitative estimate of drug-likeness (QED) is 0.640. The standard InChI is InChI=1S/C23H30N2O5S/c1-3-30-22-7-5-4-6-18(22)8-13-23(26)24-19-14-16-25(17-15-19)31(27,28)21-11-9-20(29-2)10-12-21/h4-7,9-12,19H,3,8,13-17H2,1-2H3,(H,24,26). The van der Waals surface area contributed by atoms with Crippen molar-refractivity contribution in [3.63, 3.8) is 0 Å². The van der Waals surface area contributed by atoms with E-state index < -0.39 is 10.0 Å². The summed E-state index contributed by atoms with van der Waals surface area (Å²) in [6.07, 6.45) is 2.16. The Morgan fingerprint density at radius 1 is 1.10 bits per heavy atom. The Morgan fingerprint density at radius 3 is 2.42 bits per heavy atom. The SMILES string of the molecule is CCOc1ccccc1CCC(=O)NC1CCN(S(=O)(=O)c2ccc(OC)cc2)CC1. The predicted molar refractivity (Wildman–Crippen MR) is 119 cm³/mol. The molecule has 0 aromatic heterocycles. The summed E-state index contributed by atoms with van der Waals surface area (Å²) < 4.78 is 37.9. The number of sulfonamides is 1. The van der Waals surface area contributed by atoms with Crippen molar-refractivity contribution in [1.29, 1.82) is 0 Å². The number of hydrogen-bond donors (Lipinski definition) is 1. The van der Waals surface area contributed by atoms with Crippen LogP contribution in [-0.4, -0.2) is 51.5 Å². The number of hydrogen-bond acceptors (Lipinski definition) is 5. The molecule has 1 heterocycles. The number of carbonyl (C=O) groups excluding carboxylic acids is 1. The van der Waals surface area contributed by atoms with Gasteiger partial charge in [0.1, 0.15) is 11.5 Å². The van der Waals surface area contributed by atoms with Crippen LogP contribution in [0, 0.1) is 0 Å². The summed E-state index contributed by atoms with van der Waals surface area (Å²) in [4.78, 5) is 12.7. The molecule has 1 N–H and O–H groups in total. The number of piperidine rings is 1. The Hall–Kier alpha value is -2.58. The van der Waals surface area contributed by atoms with Crippen LogP contribution in [0.3, 0.4) is 0 Å². The molecule has 8 heteroatoms. The van der Waals surface area contributed by atoms with Crippen molar-refractivity contribution in [1.82, 2.24) is 9.62 Å². The number of ether oxygens (including phenoxy) is 2. The summed E-state index contributed by atoms with van der Waals surface area (Å²) in [6, 6.07) is 14.1. The van der Waals surface area contributed by atoms with Gasteiger partial charge in [0.15, 0.2) is 0 Å². The molecule has 0 unspecified atom stereocenters. The summed E-state index contributed by atoms with van der Waals surface area (Å²) in [6.45, 7) is 3.28. The van der Waals surface area contributed by atoms with Gasteiger partial charge in [-0.25, -0.2) is 8.42 Å². The molecule has 0 spiro atoms. The van der Waals surface area contributed by atoms with Gasteiger partial charge in [0.05, 0.1) is 18.6 Å². The third kappa shape index (κ3) is 5.98. The van der Waals surface area contributed by atoms with Gasteiger partial charge in [0.2, 0.25) is 15.9 Å². The largest absolute Gasteiger partial charge is 0.497 e. The number of aryl methyl sites for hydroxylation is 1. The monoisotopic (exact) mass is 446 g/mol. The number of amides is 1. The van der Waals surface area contributed by atoms with Crippen LogP contribution < -0.4 is 14.8 Å². The van der Waals surface area contributed by atoms with Gasteiger partial charge in [-0.1, -0.05) is 18.2 Å². The van der Waals surface area contributed by atoms with Crippen LogP contribution in [0.2, 0.25) is 0 Å². The Labute approximate surface area is 184 Å². The predicted octanol–water partition coefficient (Wildman–Crippen LogP) is 3.00. The molecule has 1 saturated heterocycles. The highest BCUT2D eigenvalue weighted by Gasteiger charge is 2.29. The van der Waals surface area contributed by atoms with Crippen LogP contribution in [0.4, 0.5) is 0 Å². The topological polar surface area (TPSA) is 84.9 Å². The third-order valence-corrected chi connectivity index (χ3v) is 7.32. The van der Waals surface area contributed by atoms with E-state index in [-0.39, 0.29) is 16.8 Å². The van der Waals surface area contributed by atoms with Gasteiger partial charge in [0.25, 0.3) is 0 Å². The molecule has 0 saturated carbocycles. The van der Waals surface area contributed by atoms with E-state index in [9.17, 15) is 13.2 Å². The fraction of sp³-hybridized carbons (Fsp3) is 0.435. The van der Waals surface area contributed by atoms with E-state index in [4.69, 9.17) is 9.47 Å². The maximum atomic E-state index is 12.8. The smallest absolute Gasteiger partial charge is 0.243 e. The van der Waals surface area contributed by atoms with Crippen LogP contribution in [0.5, 0.6) is 11.5 Å². The van der Waals surface area contributed by atoms with Gasteiger partial charge in [0, 0.05) is 25.6 Å². The summed E-state index contributed by atoms with van der Waals surface area (Å²) in [5.74, 6) is 1.40. The first-order valence-electron chi connectivity index (χ1n) is 10.6. The van der Waals surface area contributed by atoms with E-state index in [1.54, 1.807) is 31.4 Å². The Kier molecular flexibility index (Phi) is 7.92. The number of para-hydroxylation sites is 1. The number of nitrogens with zero attached hydrogens (tertiary/aromatic N) is 1. The molecule has 7 nitrogen and oxygen atoms in total. The van der Waals surface area contributed by atoms with Gasteiger partial charge in [-0.2, -0.15) is 4.31 Å². The molecule has 31 heavy (non-hydrogen) atoms. The minimum atomic E-state index is -3.54. The Morgan fingerprint density at radius 2 is 1.77 bits per heavy atom. The molecular weight excluding hydrogens is 416 g/mol. The molecule has 1 aliphatic rings. The van der Waals surface area contributed by atoms with E-state index in [0.29, 0.717) is 51.1 Å². The molecule has 2 aromatic rings. The fourth-order valence-corrected chi connectivity index (χ4v) is 5.16. The highest BCUT2D eigenvalue weighted by Crippen LogP contribution is 2.23. The van der Waals surface area contributed by atoms with Gasteiger partial charge in [-0.3, -0.25) is 4.79 Å². The molecule has 3 rings (SSSR count). The first-order chi connectivity index (χ1) is 14.9. The molecule has 0 atom stereocenters. The zero-order chi connectivity index (χ0) is 22.3. The molecule has 1 amide bonds. The number of benzene rings is 2. The van der Waals surface area contributed by atoms with Crippen molar-refractivity contribution in [2.24, 2.45) is 0 Å². The average Bonchev–Trinajstić information content (AvgIpc) is 2.79. The van der Waals surface area contributed by atoms with Crippen molar-refractivity contribution in [3.05, 3.63) is 54.1 Å². The van der Waals surface area contributed by atoms with Crippen molar-refractivity contribution >= 4 is 15.9 Å². The molecule has 1 aliphatic heterocycles. The van der Waals surface area contributed by atoms with Crippen LogP contribution in [0.15, 0.2) is 53.4 Å². The first kappa shape index (κ1) is 23.1. The van der Waals surface area contributed by atoms with Crippen molar-refractivity contribution in [2.45, 2.75) is 43.5 Å². The fourth-order valence-electron chi connectivity index (χ4n) is 3.69. The molecule has 1 fully saturated rings. The summed E-state index contributed by atoms with van der Waals surface area (Å²) >= 11 is 0. The van der Waals surface area contributed by atoms with Crippen LogP contribution in [0.1, 0.15) is 31.7 Å². The van der Waals surface area contributed by atoms with Gasteiger partial charge < -0.3 is 14.8 Å². The van der Waals surface area contributed by atoms with E-state index in [1.807, 2.05) is 31.2 Å². The highest BCUT2D eigenvalue weighted by molar-refractivity contribution is 7.89. The van der Waals surface area contributed by atoms with Gasteiger partial charge in [-0.05, 0) is 62.1 Å². The second-order valence-corrected chi connectivity index (χ2v) is 9.40. The maximum absolute atomic E-state index is 12.8. The summed E-state index contributed by atoms with van der Waals surface area (Å²) in [5.41, 5.74) is 1.01. The minimum absolute atomic E-state index is 0.0167. The molecule has 168 valence electrons. The maximum Gasteiger partial charge on any atom is 0.243 e. The Balaban J connectivity index is 1.49. The highest BCUT2D eigenvalue weighted by atomic mass is 32.2. The molecule has 0 aliphatic carbocycles.